The van der Waals surface area contributed by atoms with E-state index in [1.807, 2.05) is 30.3 Å². The molecular weight excluding hydrogens is 298 g/mol. The minimum absolute atomic E-state index is 0.0594. The highest BCUT2D eigenvalue weighted by molar-refractivity contribution is 5.93. The number of nitrogens with zero attached hydrogens (tertiary/aromatic N) is 2. The number of carbonyl (C=O) groups is 2. The maximum atomic E-state index is 12.0. The van der Waals surface area contributed by atoms with Crippen LogP contribution in [-0.2, 0) is 9.59 Å². The second kappa shape index (κ2) is 7.98. The zero-order valence-corrected chi connectivity index (χ0v) is 13.1. The first-order valence-corrected chi connectivity index (χ1v) is 7.19. The number of ether oxygens (including phenoxy) is 1. The van der Waals surface area contributed by atoms with Crippen molar-refractivity contribution < 1.29 is 18.8 Å². The monoisotopic (exact) mass is 317 g/mol. The Morgan fingerprint density at radius 3 is 2.70 bits per heavy atom. The summed E-state index contributed by atoms with van der Waals surface area (Å²) in [6.45, 7) is 1.93. The zero-order valence-electron chi connectivity index (χ0n) is 13.1. The van der Waals surface area contributed by atoms with Gasteiger partial charge in [-0.2, -0.15) is 0 Å². The summed E-state index contributed by atoms with van der Waals surface area (Å²) in [4.78, 5) is 25.1. The normalized spacial score (nSPS) is 10.2. The van der Waals surface area contributed by atoms with Gasteiger partial charge in [-0.05, 0) is 19.1 Å². The van der Waals surface area contributed by atoms with E-state index in [-0.39, 0.29) is 31.4 Å². The van der Waals surface area contributed by atoms with E-state index in [0.29, 0.717) is 17.3 Å². The molecule has 23 heavy (non-hydrogen) atoms. The van der Waals surface area contributed by atoms with E-state index < -0.39 is 0 Å². The van der Waals surface area contributed by atoms with Crippen LogP contribution in [0.4, 0.5) is 5.82 Å². The first-order valence-electron chi connectivity index (χ1n) is 7.19. The molecule has 2 rings (SSSR count). The van der Waals surface area contributed by atoms with Crippen LogP contribution >= 0.6 is 0 Å². The molecular formula is C16H19N3O4. The van der Waals surface area contributed by atoms with Crippen LogP contribution in [0.1, 0.15) is 12.2 Å². The third kappa shape index (κ3) is 5.46. The number of aryl methyl sites for hydroxylation is 1. The van der Waals surface area contributed by atoms with E-state index in [9.17, 15) is 9.59 Å². The van der Waals surface area contributed by atoms with Crippen LogP contribution in [0.5, 0.6) is 5.75 Å². The summed E-state index contributed by atoms with van der Waals surface area (Å²) < 4.78 is 10.3. The number of anilines is 1. The van der Waals surface area contributed by atoms with Gasteiger partial charge in [0, 0.05) is 13.1 Å². The molecule has 0 spiro atoms. The number of hydrogen-bond donors (Lipinski definition) is 1. The van der Waals surface area contributed by atoms with Crippen molar-refractivity contribution in [2.24, 2.45) is 0 Å². The summed E-state index contributed by atoms with van der Waals surface area (Å²) >= 11 is 0. The Morgan fingerprint density at radius 2 is 2.04 bits per heavy atom. The van der Waals surface area contributed by atoms with Gasteiger partial charge in [-0.1, -0.05) is 23.4 Å². The second-order valence-corrected chi connectivity index (χ2v) is 5.03. The van der Waals surface area contributed by atoms with Crippen LogP contribution < -0.4 is 10.1 Å². The maximum absolute atomic E-state index is 12.0. The van der Waals surface area contributed by atoms with Crippen molar-refractivity contribution in [3.8, 4) is 5.75 Å². The molecule has 0 unspecified atom stereocenters. The molecule has 0 aliphatic carbocycles. The fraction of sp³-hybridized carbons (Fsp3) is 0.312. The van der Waals surface area contributed by atoms with E-state index >= 15 is 0 Å². The third-order valence-electron chi connectivity index (χ3n) is 3.03. The lowest BCUT2D eigenvalue weighted by molar-refractivity contribution is -0.133. The molecule has 0 aliphatic heterocycles. The fourth-order valence-electron chi connectivity index (χ4n) is 1.88. The van der Waals surface area contributed by atoms with Crippen LogP contribution in [0, 0.1) is 6.92 Å². The number of amides is 2. The molecule has 0 aliphatic rings. The van der Waals surface area contributed by atoms with E-state index in [1.165, 1.54) is 4.90 Å². The molecule has 2 aromatic rings. The van der Waals surface area contributed by atoms with Gasteiger partial charge in [-0.25, -0.2) is 0 Å². The highest BCUT2D eigenvalue weighted by atomic mass is 16.5. The maximum Gasteiger partial charge on any atom is 0.245 e. The van der Waals surface area contributed by atoms with E-state index in [2.05, 4.69) is 10.5 Å². The molecule has 0 saturated carbocycles. The number of carbonyl (C=O) groups excluding carboxylic acids is 2. The molecule has 0 fully saturated rings. The molecule has 0 atom stereocenters. The minimum Gasteiger partial charge on any atom is -0.493 e. The van der Waals surface area contributed by atoms with E-state index in [4.69, 9.17) is 9.26 Å². The first-order chi connectivity index (χ1) is 11.0. The summed E-state index contributed by atoms with van der Waals surface area (Å²) in [7, 11) is 1.57. The van der Waals surface area contributed by atoms with Crippen molar-refractivity contribution in [3.63, 3.8) is 0 Å². The van der Waals surface area contributed by atoms with Gasteiger partial charge in [0.1, 0.15) is 11.5 Å². The van der Waals surface area contributed by atoms with Crippen molar-refractivity contribution in [3.05, 3.63) is 42.2 Å². The predicted molar refractivity (Wildman–Crippen MR) is 84.1 cm³/mol. The van der Waals surface area contributed by atoms with Crippen molar-refractivity contribution >= 4 is 17.6 Å². The third-order valence-corrected chi connectivity index (χ3v) is 3.03. The fourth-order valence-corrected chi connectivity index (χ4v) is 1.88. The largest absolute Gasteiger partial charge is 0.493 e. The molecule has 0 radical (unpaired) electrons. The number of nitrogens with one attached hydrogen (secondary N) is 1. The number of aromatic nitrogens is 1. The molecule has 7 heteroatoms. The van der Waals surface area contributed by atoms with Crippen molar-refractivity contribution in [1.29, 1.82) is 0 Å². The SMILES string of the molecule is Cc1cc(NC(=O)CN(C)C(=O)CCOc2ccccc2)no1. The van der Waals surface area contributed by atoms with Crippen molar-refractivity contribution in [1.82, 2.24) is 10.1 Å². The van der Waals surface area contributed by atoms with Gasteiger partial charge in [0.2, 0.25) is 11.8 Å². The highest BCUT2D eigenvalue weighted by Gasteiger charge is 2.14. The number of hydrogen-bond acceptors (Lipinski definition) is 5. The number of likely N-dealkylation sites (N-methyl/N-ethyl adjacent to an activating group) is 1. The predicted octanol–water partition coefficient (Wildman–Crippen LogP) is 1.85. The molecule has 122 valence electrons. The zero-order chi connectivity index (χ0) is 16.7. The molecule has 1 N–H and O–H groups in total. The van der Waals surface area contributed by atoms with Crippen LogP contribution in [-0.4, -0.2) is 42.1 Å². The van der Waals surface area contributed by atoms with E-state index in [0.717, 1.165) is 0 Å². The average molecular weight is 317 g/mol. The van der Waals surface area contributed by atoms with E-state index in [1.54, 1.807) is 20.0 Å². The van der Waals surface area contributed by atoms with Crippen LogP contribution in [0.2, 0.25) is 0 Å². The van der Waals surface area contributed by atoms with Gasteiger partial charge in [0.05, 0.1) is 19.6 Å². The summed E-state index contributed by atoms with van der Waals surface area (Å²) in [5.41, 5.74) is 0. The van der Waals surface area contributed by atoms with Crippen LogP contribution in [0.3, 0.4) is 0 Å². The molecule has 7 nitrogen and oxygen atoms in total. The van der Waals surface area contributed by atoms with Gasteiger partial charge in [0.15, 0.2) is 5.82 Å². The van der Waals surface area contributed by atoms with Crippen molar-refractivity contribution in [2.75, 3.05) is 25.5 Å². The molecule has 1 aromatic carbocycles. The Hall–Kier alpha value is -2.83. The minimum atomic E-state index is -0.335. The Bertz CT molecular complexity index is 654. The number of rotatable bonds is 7. The number of para-hydroxylation sites is 1. The molecule has 0 saturated heterocycles. The number of benzene rings is 1. The summed E-state index contributed by atoms with van der Waals surface area (Å²) in [6, 6.07) is 10.9. The Labute approximate surface area is 134 Å². The van der Waals surface area contributed by atoms with Gasteiger partial charge in [-0.15, -0.1) is 0 Å². The standard InChI is InChI=1S/C16H19N3O4/c1-12-10-14(18-23-12)17-15(20)11-19(2)16(21)8-9-22-13-6-4-3-5-7-13/h3-7,10H,8-9,11H2,1-2H3,(H,17,18,20). The lowest BCUT2D eigenvalue weighted by Gasteiger charge is -2.16. The van der Waals surface area contributed by atoms with Gasteiger partial charge < -0.3 is 19.5 Å². The highest BCUT2D eigenvalue weighted by Crippen LogP contribution is 2.09. The average Bonchev–Trinajstić information content (AvgIpc) is 2.93. The van der Waals surface area contributed by atoms with Crippen molar-refractivity contribution in [2.45, 2.75) is 13.3 Å². The quantitative estimate of drug-likeness (QED) is 0.842. The lowest BCUT2D eigenvalue weighted by Crippen LogP contribution is -2.35. The van der Waals surface area contributed by atoms with Gasteiger partial charge in [0.25, 0.3) is 0 Å². The summed E-state index contributed by atoms with van der Waals surface area (Å²) in [6.07, 6.45) is 0.196. The Morgan fingerprint density at radius 1 is 1.30 bits per heavy atom. The molecule has 2 amide bonds. The topological polar surface area (TPSA) is 84.7 Å². The van der Waals surface area contributed by atoms with Crippen LogP contribution in [0.15, 0.2) is 40.9 Å². The molecule has 1 aromatic heterocycles. The van der Waals surface area contributed by atoms with Gasteiger partial charge >= 0.3 is 0 Å². The Balaban J connectivity index is 1.70. The lowest BCUT2D eigenvalue weighted by atomic mass is 10.3. The summed E-state index contributed by atoms with van der Waals surface area (Å²) in [5.74, 6) is 1.14. The van der Waals surface area contributed by atoms with Crippen LogP contribution in [0.25, 0.3) is 0 Å². The first kappa shape index (κ1) is 16.5. The molecule has 0 bridgehead atoms. The molecule has 1 heterocycles. The van der Waals surface area contributed by atoms with Gasteiger partial charge in [-0.3, -0.25) is 9.59 Å². The Kier molecular flexibility index (Phi) is 5.74. The summed E-state index contributed by atoms with van der Waals surface area (Å²) in [5, 5.41) is 6.22. The second-order valence-electron chi connectivity index (χ2n) is 5.03. The smallest absolute Gasteiger partial charge is 0.245 e.